The van der Waals surface area contributed by atoms with Crippen LogP contribution in [0.15, 0.2) is 48.8 Å². The molecule has 2 nitrogen and oxygen atoms in total. The zero-order valence-electron chi connectivity index (χ0n) is 21.7. The fourth-order valence-corrected chi connectivity index (χ4v) is 144. The van der Waals surface area contributed by atoms with Gasteiger partial charge in [0.2, 0.25) is 0 Å². The number of nitrogens with zero attached hydrogens (tertiary/aromatic N) is 2. The molecule has 10 fully saturated rings. The van der Waals surface area contributed by atoms with E-state index in [0.717, 1.165) is 3.94 Å². The van der Waals surface area contributed by atoms with E-state index < -0.39 is 14.6 Å². The van der Waals surface area contributed by atoms with Crippen molar-refractivity contribution in [1.82, 2.24) is 9.97 Å². The molecule has 0 saturated carbocycles. The molecule has 12 rings (SSSR count). The van der Waals surface area contributed by atoms with Gasteiger partial charge < -0.3 is 0 Å². The third-order valence-corrected chi connectivity index (χ3v) is 76.9. The number of hydrogen-bond donors (Lipinski definition) is 0. The van der Waals surface area contributed by atoms with E-state index in [9.17, 15) is 0 Å². The Bertz CT molecular complexity index is 1840. The van der Waals surface area contributed by atoms with Gasteiger partial charge in [-0.05, 0) is 0 Å². The molecule has 0 radical (unpaired) electrons. The average molecular weight is 561 g/mol. The van der Waals surface area contributed by atoms with Crippen molar-refractivity contribution in [2.75, 3.05) is 6.16 Å². The normalized spacial score (nSPS) is 71.8. The zero-order chi connectivity index (χ0) is 24.2. The van der Waals surface area contributed by atoms with Crippen molar-refractivity contribution < 1.29 is 6.51 Å². The summed E-state index contributed by atoms with van der Waals surface area (Å²) >= 11 is 0. The minimum atomic E-state index is -4.26. The summed E-state index contributed by atoms with van der Waals surface area (Å²) in [7, 11) is 5.60. The van der Waals surface area contributed by atoms with Crippen LogP contribution >= 0.6 is 18.5 Å². The molecular formula is C29H38FeN2P2Si. The molecule has 2 aromatic heterocycles. The van der Waals surface area contributed by atoms with E-state index in [4.69, 9.17) is 9.97 Å². The molecule has 0 aromatic carbocycles. The number of hydrogen-bond acceptors (Lipinski definition) is 2. The Hall–Kier alpha value is -0.104. The number of aromatic nitrogens is 2. The van der Waals surface area contributed by atoms with Crippen LogP contribution in [0.2, 0.25) is 65.4 Å². The van der Waals surface area contributed by atoms with Gasteiger partial charge in [-0.3, -0.25) is 0 Å². The number of rotatable bonds is 5. The van der Waals surface area contributed by atoms with Gasteiger partial charge in [0, 0.05) is 0 Å². The molecule has 10 aliphatic rings. The van der Waals surface area contributed by atoms with Crippen LogP contribution in [0, 0.1) is 5.41 Å². The Morgan fingerprint density at radius 3 is 1.66 bits per heavy atom. The monoisotopic (exact) mass is 560 g/mol. The standard InChI is InChI=1S/C24H33N2P2Si.C5H5.Fe/c1-23(2,3)22-18(29(4,5)6)15-17(16-27)21(22)24(28,19-11-7-9-13-25-19)20-12-8-10-14-26-20;1-2-4-5-3-1;/h7-15H,16,27-28H2,1-6H3;1-5H;. The summed E-state index contributed by atoms with van der Waals surface area (Å²) < 4.78 is 2.53. The molecule has 35 heavy (non-hydrogen) atoms. The van der Waals surface area contributed by atoms with Crippen LogP contribution in [0.1, 0.15) is 32.2 Å². The summed E-state index contributed by atoms with van der Waals surface area (Å²) in [6.07, 6.45) is 5.50. The summed E-state index contributed by atoms with van der Waals surface area (Å²) in [5.41, 5.74) is 2.98. The molecule has 7 atom stereocenters. The molecule has 2 aromatic rings. The maximum absolute atomic E-state index is 5.25. The van der Waals surface area contributed by atoms with E-state index in [0.29, 0.717) is 18.4 Å². The Balaban J connectivity index is 1.37. The molecule has 0 N–H and O–H groups in total. The first kappa shape index (κ1) is 19.0. The van der Waals surface area contributed by atoms with Crippen LogP contribution in [0.5, 0.6) is 0 Å². The minimum absolute atomic E-state index is 0.147. The van der Waals surface area contributed by atoms with Gasteiger partial charge in [0.25, 0.3) is 0 Å². The van der Waals surface area contributed by atoms with Crippen molar-refractivity contribution in [1.29, 1.82) is 0 Å². The summed E-state index contributed by atoms with van der Waals surface area (Å²) in [6, 6.07) is 13.5. The van der Waals surface area contributed by atoms with E-state index in [1.807, 2.05) is 0 Å². The van der Waals surface area contributed by atoms with E-state index in [-0.39, 0.29) is 5.16 Å². The van der Waals surface area contributed by atoms with E-state index in [1.54, 1.807) is 0 Å². The van der Waals surface area contributed by atoms with Gasteiger partial charge >= 0.3 is 206 Å². The van der Waals surface area contributed by atoms with Crippen LogP contribution in [0.4, 0.5) is 0 Å². The third-order valence-electron chi connectivity index (χ3n) is 20.6. The van der Waals surface area contributed by atoms with Crippen LogP contribution in [0.3, 0.4) is 0 Å². The SMILES string of the molecule is CC(C)(C)[C]12[C]3(C(P)(c4ccccn4)c4ccccn4)[C]4(CP)[CH]5[C]1([Si](C)(C)C)[Fe]54321678[CH]2[CH]1[CH]6[CH]7[CH]28. The summed E-state index contributed by atoms with van der Waals surface area (Å²) in [5, 5.41) is -0.147. The van der Waals surface area contributed by atoms with Crippen molar-refractivity contribution in [2.45, 2.75) is 91.3 Å². The van der Waals surface area contributed by atoms with Crippen LogP contribution < -0.4 is 0 Å². The second-order valence-electron chi connectivity index (χ2n) is 18.0. The molecule has 10 aliphatic heterocycles. The number of pyridine rings is 2. The molecule has 6 heteroatoms. The predicted octanol–water partition coefficient (Wildman–Crippen LogP) is 8.26. The van der Waals surface area contributed by atoms with Gasteiger partial charge in [0.05, 0.1) is 0 Å². The summed E-state index contributed by atoms with van der Waals surface area (Å²) in [4.78, 5) is 17.7. The van der Waals surface area contributed by atoms with E-state index in [1.165, 1.54) is 46.4 Å². The first-order chi connectivity index (χ1) is 16.2. The van der Waals surface area contributed by atoms with Gasteiger partial charge in [-0.15, -0.1) is 0 Å². The first-order valence-electron chi connectivity index (χ1n) is 13.8. The molecule has 12 heterocycles. The molecule has 7 unspecified atom stereocenters. The Kier molecular flexibility index (Phi) is 1.34. The maximum atomic E-state index is 5.25. The van der Waals surface area contributed by atoms with Crippen molar-refractivity contribution in [3.05, 3.63) is 60.2 Å². The fraction of sp³-hybridized carbons (Fsp3) is 0.655. The van der Waals surface area contributed by atoms with Gasteiger partial charge in [-0.25, -0.2) is 0 Å². The topological polar surface area (TPSA) is 25.8 Å². The Morgan fingerprint density at radius 2 is 1.34 bits per heavy atom. The molecule has 1 spiro atoms. The van der Waals surface area contributed by atoms with Gasteiger partial charge in [0.15, 0.2) is 0 Å². The van der Waals surface area contributed by atoms with E-state index in [2.05, 4.69) is 108 Å². The predicted molar refractivity (Wildman–Crippen MR) is 150 cm³/mol. The van der Waals surface area contributed by atoms with Crippen molar-refractivity contribution in [3.63, 3.8) is 0 Å². The van der Waals surface area contributed by atoms with Crippen LogP contribution in [-0.2, 0) is 11.7 Å². The molecule has 10 saturated heterocycles. The quantitative estimate of drug-likeness (QED) is 0.272. The zero-order valence-corrected chi connectivity index (χ0v) is 26.1. The molecule has 186 valence electrons. The van der Waals surface area contributed by atoms with Crippen molar-refractivity contribution in [3.8, 4) is 0 Å². The average Bonchev–Trinajstić information content (AvgIpc) is 3.77. The third kappa shape index (κ3) is 0.352. The van der Waals surface area contributed by atoms with Crippen molar-refractivity contribution >= 4 is 26.6 Å². The molecular weight excluding hydrogens is 522 g/mol. The second-order valence-corrected chi connectivity index (χ2v) is 47.7. The second kappa shape index (κ2) is 2.47. The Labute approximate surface area is 205 Å². The van der Waals surface area contributed by atoms with Gasteiger partial charge in [0.1, 0.15) is 0 Å². The fourth-order valence-electron chi connectivity index (χ4n) is 25.7. The Morgan fingerprint density at radius 1 is 0.857 bits per heavy atom. The summed E-state index contributed by atoms with van der Waals surface area (Å²) in [5.74, 6) is 0. The first-order valence-corrected chi connectivity index (χ1v) is 24.7. The number of fused-ring (bicyclic) bond motifs is 10. The van der Waals surface area contributed by atoms with Crippen LogP contribution in [0.25, 0.3) is 0 Å². The van der Waals surface area contributed by atoms with Gasteiger partial charge in [-0.2, -0.15) is 0 Å². The molecule has 0 bridgehead atoms. The molecule has 0 amide bonds. The molecule has 0 aliphatic carbocycles. The van der Waals surface area contributed by atoms with Crippen LogP contribution in [-0.4, -0.2) is 24.2 Å². The van der Waals surface area contributed by atoms with E-state index >= 15 is 0 Å². The summed E-state index contributed by atoms with van der Waals surface area (Å²) in [6.45, 7) is 12.4. The van der Waals surface area contributed by atoms with Crippen molar-refractivity contribution in [2.24, 2.45) is 5.41 Å². The van der Waals surface area contributed by atoms with Gasteiger partial charge in [-0.1, -0.05) is 0 Å².